The van der Waals surface area contributed by atoms with Crippen LogP contribution in [0.25, 0.3) is 11.2 Å². The van der Waals surface area contributed by atoms with Crippen molar-refractivity contribution < 1.29 is 9.47 Å². The zero-order valence-electron chi connectivity index (χ0n) is 25.4. The van der Waals surface area contributed by atoms with Gasteiger partial charge in [-0.2, -0.15) is 10.2 Å². The third-order valence-corrected chi connectivity index (χ3v) is 8.75. The summed E-state index contributed by atoms with van der Waals surface area (Å²) in [7, 11) is 19.1. The van der Waals surface area contributed by atoms with E-state index in [1.807, 2.05) is 36.7 Å². The van der Waals surface area contributed by atoms with Gasteiger partial charge in [-0.1, -0.05) is 0 Å². The lowest BCUT2D eigenvalue weighted by atomic mass is 9.30. The standard InChI is InChI=1S/C22H29B8N9O2/c1-10-5-11(7-31)32-8-13(10)40-16-6-12(17-18(35-16)38(2)9-33-17)34-14-3-4-15(37-36-14)39-19(23,24)21(27,28)41-22(29,30)20(39,25)26/h3-6,8-9H,23-30H2,1-2H3,(H,34,35,36). The molecule has 5 rings (SSSR count). The van der Waals surface area contributed by atoms with Crippen molar-refractivity contribution in [1.29, 1.82) is 5.26 Å². The fourth-order valence-electron chi connectivity index (χ4n) is 5.39. The minimum Gasteiger partial charge on any atom is -0.437 e. The Labute approximate surface area is 246 Å². The molecule has 0 unspecified atom stereocenters. The van der Waals surface area contributed by atoms with Gasteiger partial charge in [-0.25, -0.2) is 9.97 Å². The number of hydrogen-bond donors (Lipinski definition) is 1. The van der Waals surface area contributed by atoms with Crippen molar-refractivity contribution in [2.24, 2.45) is 7.05 Å². The first-order valence-corrected chi connectivity index (χ1v) is 13.6. The molecule has 198 valence electrons. The minimum atomic E-state index is -0.439. The summed E-state index contributed by atoms with van der Waals surface area (Å²) < 4.78 is 14.5. The second-order valence-electron chi connectivity index (χ2n) is 12.6. The van der Waals surface area contributed by atoms with Crippen LogP contribution in [0.3, 0.4) is 0 Å². The highest BCUT2D eigenvalue weighted by Gasteiger charge is 2.58. The van der Waals surface area contributed by atoms with Gasteiger partial charge in [0.25, 0.3) is 0 Å². The molecule has 0 radical (unpaired) electrons. The van der Waals surface area contributed by atoms with Crippen molar-refractivity contribution in [1.82, 2.24) is 29.7 Å². The van der Waals surface area contributed by atoms with E-state index < -0.39 is 10.8 Å². The van der Waals surface area contributed by atoms with E-state index in [0.717, 1.165) is 11.4 Å². The van der Waals surface area contributed by atoms with Gasteiger partial charge in [0.2, 0.25) is 5.88 Å². The molecule has 1 aliphatic heterocycles. The molecule has 1 saturated heterocycles. The number of anilines is 3. The number of fused-ring (bicyclic) bond motifs is 1. The van der Waals surface area contributed by atoms with Gasteiger partial charge in [0, 0.05) is 23.9 Å². The molecule has 0 aliphatic carbocycles. The fourth-order valence-corrected chi connectivity index (χ4v) is 5.39. The Morgan fingerprint density at radius 2 is 1.66 bits per heavy atom. The monoisotopic (exact) mass is 539 g/mol. The summed E-state index contributed by atoms with van der Waals surface area (Å²) in [5.74, 6) is 2.18. The highest BCUT2D eigenvalue weighted by atomic mass is 16.5. The first-order valence-electron chi connectivity index (χ1n) is 13.6. The topological polar surface area (TPSA) is 127 Å². The maximum atomic E-state index is 9.13. The number of nitrogens with one attached hydrogen (secondary N) is 1. The quantitative estimate of drug-likeness (QED) is 0.246. The van der Waals surface area contributed by atoms with E-state index in [1.54, 1.807) is 18.5 Å². The van der Waals surface area contributed by atoms with Gasteiger partial charge < -0.3 is 24.3 Å². The van der Waals surface area contributed by atoms with E-state index >= 15 is 0 Å². The average molecular weight is 538 g/mol. The van der Waals surface area contributed by atoms with Crippen LogP contribution in [0.2, 0.25) is 0 Å². The lowest BCUT2D eigenvalue weighted by Gasteiger charge is -2.69. The molecule has 1 aliphatic rings. The summed E-state index contributed by atoms with van der Waals surface area (Å²) >= 11 is 0. The van der Waals surface area contributed by atoms with Gasteiger partial charge >= 0.3 is 0 Å². The molecule has 1 N–H and O–H groups in total. The third-order valence-electron chi connectivity index (χ3n) is 8.75. The number of ether oxygens (including phenoxy) is 2. The van der Waals surface area contributed by atoms with Gasteiger partial charge in [0.1, 0.15) is 85.9 Å². The normalized spacial score (nSPS) is 18.4. The molecular formula is C22H29B8N9O2. The molecule has 0 amide bonds. The lowest BCUT2D eigenvalue weighted by molar-refractivity contribution is -0.0257. The van der Waals surface area contributed by atoms with Crippen LogP contribution in [-0.2, 0) is 11.8 Å². The summed E-state index contributed by atoms with van der Waals surface area (Å²) in [5.41, 5.74) is 3.07. The second-order valence-corrected chi connectivity index (χ2v) is 12.6. The number of pyridine rings is 2. The van der Waals surface area contributed by atoms with Crippen molar-refractivity contribution >= 4 is 91.3 Å². The Hall–Kier alpha value is -3.78. The Balaban J connectivity index is 1.48. The van der Waals surface area contributed by atoms with Crippen LogP contribution in [0.5, 0.6) is 11.6 Å². The molecule has 11 nitrogen and oxygen atoms in total. The summed E-state index contributed by atoms with van der Waals surface area (Å²) in [6.07, 6.45) is 3.22. The van der Waals surface area contributed by atoms with Gasteiger partial charge in [-0.05, 0) is 41.4 Å². The lowest BCUT2D eigenvalue weighted by Crippen LogP contribution is -2.86. The molecule has 4 aromatic heterocycles. The van der Waals surface area contributed by atoms with Crippen LogP contribution in [0.4, 0.5) is 17.3 Å². The number of nitriles is 1. The van der Waals surface area contributed by atoms with E-state index in [-0.39, 0.29) is 10.7 Å². The molecule has 0 saturated carbocycles. The highest BCUT2D eigenvalue weighted by Crippen LogP contribution is 2.42. The van der Waals surface area contributed by atoms with E-state index in [1.165, 1.54) is 6.20 Å². The molecule has 0 aromatic carbocycles. The van der Waals surface area contributed by atoms with E-state index in [0.29, 0.717) is 40.0 Å². The van der Waals surface area contributed by atoms with Crippen molar-refractivity contribution in [3.05, 3.63) is 48.0 Å². The first kappa shape index (κ1) is 28.7. The third kappa shape index (κ3) is 4.78. The average Bonchev–Trinajstić information content (AvgIpc) is 3.25. The van der Waals surface area contributed by atoms with Crippen molar-refractivity contribution in [2.75, 3.05) is 10.2 Å². The predicted octanol–water partition coefficient (Wildman–Crippen LogP) is -5.61. The highest BCUT2D eigenvalue weighted by molar-refractivity contribution is 6.61. The molecule has 0 atom stereocenters. The van der Waals surface area contributed by atoms with E-state index in [2.05, 4.69) is 98.1 Å². The van der Waals surface area contributed by atoms with Crippen LogP contribution in [0, 0.1) is 18.3 Å². The maximum Gasteiger partial charge on any atom is 0.223 e. The Morgan fingerprint density at radius 3 is 2.24 bits per heavy atom. The molecule has 0 bridgehead atoms. The Morgan fingerprint density at radius 1 is 0.976 bits per heavy atom. The zero-order chi connectivity index (χ0) is 30.0. The van der Waals surface area contributed by atoms with Crippen LogP contribution < -0.4 is 15.0 Å². The fraction of sp³-hybridized carbons (Fsp3) is 0.273. The van der Waals surface area contributed by atoms with Crippen LogP contribution in [0.1, 0.15) is 11.3 Å². The molecule has 41 heavy (non-hydrogen) atoms. The number of nitrogens with zero attached hydrogens (tertiary/aromatic N) is 8. The summed E-state index contributed by atoms with van der Waals surface area (Å²) in [6, 6.07) is 9.37. The molecule has 1 fully saturated rings. The number of hydrogen-bond acceptors (Lipinski definition) is 10. The van der Waals surface area contributed by atoms with Gasteiger partial charge in [0.05, 0.1) is 18.2 Å². The molecule has 4 aromatic rings. The molecule has 0 spiro atoms. The second kappa shape index (κ2) is 9.65. The summed E-state index contributed by atoms with van der Waals surface area (Å²) in [6.45, 7) is 1.86. The smallest absolute Gasteiger partial charge is 0.223 e. The summed E-state index contributed by atoms with van der Waals surface area (Å²) in [4.78, 5) is 15.6. The largest absolute Gasteiger partial charge is 0.437 e. The Bertz CT molecular complexity index is 1660. The number of imidazole rings is 1. The number of rotatable bonds is 5. The first-order chi connectivity index (χ1) is 19.1. The van der Waals surface area contributed by atoms with Crippen molar-refractivity contribution in [3.8, 4) is 17.7 Å². The Kier molecular flexibility index (Phi) is 6.77. The van der Waals surface area contributed by atoms with E-state index in [4.69, 9.17) is 14.7 Å². The maximum absolute atomic E-state index is 9.13. The van der Waals surface area contributed by atoms with Gasteiger partial charge in [0.15, 0.2) is 17.2 Å². The van der Waals surface area contributed by atoms with Crippen molar-refractivity contribution in [2.45, 2.75) is 28.4 Å². The van der Waals surface area contributed by atoms with Gasteiger partial charge in [-0.15, -0.1) is 10.2 Å². The van der Waals surface area contributed by atoms with E-state index in [9.17, 15) is 0 Å². The number of aromatic nitrogens is 6. The van der Waals surface area contributed by atoms with Gasteiger partial charge in [-0.3, -0.25) is 0 Å². The molecule has 5 heterocycles. The molecular weight excluding hydrogens is 509 g/mol. The van der Waals surface area contributed by atoms with Crippen LogP contribution >= 0.6 is 0 Å². The number of morpholine rings is 1. The molecule has 19 heteroatoms. The predicted molar refractivity (Wildman–Crippen MR) is 180 cm³/mol. The van der Waals surface area contributed by atoms with Crippen LogP contribution in [-0.4, -0.2) is 114 Å². The van der Waals surface area contributed by atoms with Crippen molar-refractivity contribution in [3.63, 3.8) is 0 Å². The van der Waals surface area contributed by atoms with Crippen LogP contribution in [0.15, 0.2) is 36.8 Å². The zero-order valence-corrected chi connectivity index (χ0v) is 25.4. The SMILES string of the molecule is BC1(B)OC(B)(B)C(B)(B)N(c2ccc(Nc3cc(Oc4cnc(C#N)cc4C)nc4c3ncn4C)nn2)C1(B)B. The summed E-state index contributed by atoms with van der Waals surface area (Å²) in [5, 5.41) is 20.1. The minimum absolute atomic E-state index is 0.324. The number of aryl methyl sites for hydroxylation is 2.